The first-order valence-electron chi connectivity index (χ1n) is 11.1. The van der Waals surface area contributed by atoms with Crippen molar-refractivity contribution >= 4 is 29.6 Å². The number of aromatic amines is 1. The number of hydrogen-bond acceptors (Lipinski definition) is 8. The highest BCUT2D eigenvalue weighted by Gasteiger charge is 2.32. The second-order valence-electron chi connectivity index (χ2n) is 8.71. The molecule has 5 unspecified atom stereocenters. The Morgan fingerprint density at radius 1 is 1.03 bits per heavy atom. The Morgan fingerprint density at radius 3 is 2.11 bits per heavy atom. The van der Waals surface area contributed by atoms with E-state index in [1.165, 1.54) is 19.4 Å². The van der Waals surface area contributed by atoms with Gasteiger partial charge in [-0.3, -0.25) is 19.2 Å². The van der Waals surface area contributed by atoms with Gasteiger partial charge in [-0.15, -0.1) is 0 Å². The van der Waals surface area contributed by atoms with Crippen molar-refractivity contribution in [2.24, 2.45) is 17.4 Å². The molecular formula is C21H35N7O7. The Kier molecular flexibility index (Phi) is 11.8. The summed E-state index contributed by atoms with van der Waals surface area (Å²) in [5.74, 6) is -4.36. The highest BCUT2D eigenvalue weighted by Crippen LogP contribution is 2.07. The van der Waals surface area contributed by atoms with Crippen LogP contribution in [0.2, 0.25) is 0 Å². The van der Waals surface area contributed by atoms with Crippen LogP contribution in [0.5, 0.6) is 0 Å². The maximum atomic E-state index is 13.0. The predicted octanol–water partition coefficient (Wildman–Crippen LogP) is -2.49. The van der Waals surface area contributed by atoms with Gasteiger partial charge in [0.15, 0.2) is 6.04 Å². The lowest BCUT2D eigenvalue weighted by Gasteiger charge is -2.25. The van der Waals surface area contributed by atoms with Gasteiger partial charge >= 0.3 is 5.97 Å². The van der Waals surface area contributed by atoms with E-state index in [0.717, 1.165) is 0 Å². The van der Waals surface area contributed by atoms with E-state index in [0.29, 0.717) is 12.1 Å². The standard InChI is InChI=1S/C21H35N7O7/c1-10(2)6-13(22)18(31)26-14(4-5-16(23)30)19(32)27-15(7-12-8-24-9-25-12)20(33)28-17(11(3)29)21(34)35/h8-11,13-15,17,29H,4-7,22H2,1-3H3,(H2,23,30)(H,24,25)(H,26,31)(H,27,32)(H,28,33)(H,34,35). The SMILES string of the molecule is CC(C)CC(N)C(=O)NC(CCC(N)=O)C(=O)NC(Cc1cnc[nH]1)C(=O)NC(C(=O)O)C(C)O. The van der Waals surface area contributed by atoms with Gasteiger partial charge in [-0.1, -0.05) is 13.8 Å². The molecular weight excluding hydrogens is 462 g/mol. The zero-order chi connectivity index (χ0) is 26.7. The quantitative estimate of drug-likeness (QED) is 0.128. The van der Waals surface area contributed by atoms with E-state index in [2.05, 4.69) is 25.9 Å². The molecule has 0 aliphatic carbocycles. The molecule has 0 saturated heterocycles. The molecule has 5 atom stereocenters. The molecule has 0 fully saturated rings. The number of nitrogens with zero attached hydrogens (tertiary/aromatic N) is 1. The average molecular weight is 498 g/mol. The number of aromatic nitrogens is 2. The van der Waals surface area contributed by atoms with Crippen molar-refractivity contribution in [2.75, 3.05) is 0 Å². The highest BCUT2D eigenvalue weighted by molar-refractivity contribution is 5.94. The number of hydrogen-bond donors (Lipinski definition) is 8. The maximum absolute atomic E-state index is 13.0. The summed E-state index contributed by atoms with van der Waals surface area (Å²) in [7, 11) is 0. The molecule has 0 bridgehead atoms. The molecule has 35 heavy (non-hydrogen) atoms. The van der Waals surface area contributed by atoms with E-state index in [1.54, 1.807) is 0 Å². The van der Waals surface area contributed by atoms with Crippen LogP contribution < -0.4 is 27.4 Å². The van der Waals surface area contributed by atoms with Crippen LogP contribution in [-0.2, 0) is 30.4 Å². The Hall–Kier alpha value is -3.52. The van der Waals surface area contributed by atoms with Gasteiger partial charge in [-0.25, -0.2) is 9.78 Å². The third kappa shape index (κ3) is 10.5. The van der Waals surface area contributed by atoms with Crippen molar-refractivity contribution in [2.45, 2.75) is 76.7 Å². The molecule has 14 nitrogen and oxygen atoms in total. The van der Waals surface area contributed by atoms with Crippen molar-refractivity contribution in [3.05, 3.63) is 18.2 Å². The number of aliphatic hydroxyl groups is 1. The summed E-state index contributed by atoms with van der Waals surface area (Å²) in [4.78, 5) is 67.7. The van der Waals surface area contributed by atoms with Crippen molar-refractivity contribution in [3.63, 3.8) is 0 Å². The smallest absolute Gasteiger partial charge is 0.328 e. The van der Waals surface area contributed by atoms with Gasteiger partial charge in [0.25, 0.3) is 0 Å². The number of nitrogens with one attached hydrogen (secondary N) is 4. The number of nitrogens with two attached hydrogens (primary N) is 2. The van der Waals surface area contributed by atoms with Crippen molar-refractivity contribution in [3.8, 4) is 0 Å². The summed E-state index contributed by atoms with van der Waals surface area (Å²) >= 11 is 0. The van der Waals surface area contributed by atoms with E-state index in [1.807, 2.05) is 13.8 Å². The second-order valence-corrected chi connectivity index (χ2v) is 8.71. The lowest BCUT2D eigenvalue weighted by Crippen LogP contribution is -2.59. The zero-order valence-corrected chi connectivity index (χ0v) is 20.0. The molecule has 10 N–H and O–H groups in total. The first-order valence-corrected chi connectivity index (χ1v) is 11.1. The second kappa shape index (κ2) is 14.0. The van der Waals surface area contributed by atoms with Crippen LogP contribution in [-0.4, -0.2) is 80.1 Å². The third-order valence-corrected chi connectivity index (χ3v) is 5.03. The monoisotopic (exact) mass is 497 g/mol. The number of imidazole rings is 1. The van der Waals surface area contributed by atoms with Gasteiger partial charge in [0.1, 0.15) is 12.1 Å². The van der Waals surface area contributed by atoms with E-state index in [9.17, 15) is 34.2 Å². The first-order chi connectivity index (χ1) is 16.3. The lowest BCUT2D eigenvalue weighted by molar-refractivity contribution is -0.145. The van der Waals surface area contributed by atoms with E-state index < -0.39 is 59.9 Å². The summed E-state index contributed by atoms with van der Waals surface area (Å²) in [6, 6.07) is -5.06. The minimum atomic E-state index is -1.62. The molecule has 0 spiro atoms. The number of aliphatic carboxylic acids is 1. The van der Waals surface area contributed by atoms with Crippen molar-refractivity contribution < 1.29 is 34.2 Å². The van der Waals surface area contributed by atoms with Gasteiger partial charge in [-0.05, 0) is 25.7 Å². The number of primary amides is 1. The molecule has 0 aromatic carbocycles. The fourth-order valence-electron chi connectivity index (χ4n) is 3.19. The number of carboxylic acid groups (broad SMARTS) is 1. The fourth-order valence-corrected chi connectivity index (χ4v) is 3.19. The van der Waals surface area contributed by atoms with E-state index in [4.69, 9.17) is 11.5 Å². The van der Waals surface area contributed by atoms with Crippen LogP contribution in [0.3, 0.4) is 0 Å². The predicted molar refractivity (Wildman–Crippen MR) is 123 cm³/mol. The molecule has 14 heteroatoms. The van der Waals surface area contributed by atoms with E-state index in [-0.39, 0.29) is 25.2 Å². The number of carbonyl (C=O) groups is 5. The molecule has 1 heterocycles. The Morgan fingerprint density at radius 2 is 1.63 bits per heavy atom. The minimum absolute atomic E-state index is 0.104. The summed E-state index contributed by atoms with van der Waals surface area (Å²) in [6.45, 7) is 4.94. The summed E-state index contributed by atoms with van der Waals surface area (Å²) in [5.41, 5.74) is 11.5. The normalized spacial score (nSPS) is 15.4. The molecule has 196 valence electrons. The molecule has 1 aromatic heterocycles. The maximum Gasteiger partial charge on any atom is 0.328 e. The van der Waals surface area contributed by atoms with Crippen LogP contribution in [0.1, 0.15) is 45.7 Å². The molecule has 1 aromatic rings. The number of carbonyl (C=O) groups excluding carboxylic acids is 4. The van der Waals surface area contributed by atoms with Crippen LogP contribution in [0.15, 0.2) is 12.5 Å². The van der Waals surface area contributed by atoms with E-state index >= 15 is 0 Å². The third-order valence-electron chi connectivity index (χ3n) is 5.03. The zero-order valence-electron chi connectivity index (χ0n) is 20.0. The molecule has 0 aliphatic heterocycles. The lowest BCUT2D eigenvalue weighted by atomic mass is 10.0. The van der Waals surface area contributed by atoms with Crippen LogP contribution in [0.4, 0.5) is 0 Å². The molecule has 1 rings (SSSR count). The molecule has 0 radical (unpaired) electrons. The molecule has 0 saturated carbocycles. The van der Waals surface area contributed by atoms with Gasteiger partial charge in [-0.2, -0.15) is 0 Å². The number of amides is 4. The Bertz CT molecular complexity index is 873. The number of rotatable bonds is 15. The van der Waals surface area contributed by atoms with Crippen LogP contribution in [0.25, 0.3) is 0 Å². The molecule has 4 amide bonds. The van der Waals surface area contributed by atoms with Gasteiger partial charge in [0.2, 0.25) is 23.6 Å². The topological polar surface area (TPSA) is 243 Å². The largest absolute Gasteiger partial charge is 0.480 e. The number of carboxylic acids is 1. The van der Waals surface area contributed by atoms with Crippen LogP contribution in [0, 0.1) is 5.92 Å². The number of aliphatic hydroxyl groups excluding tert-OH is 1. The fraction of sp³-hybridized carbons (Fsp3) is 0.619. The Balaban J connectivity index is 3.08. The average Bonchev–Trinajstić information content (AvgIpc) is 3.25. The minimum Gasteiger partial charge on any atom is -0.480 e. The summed E-state index contributed by atoms with van der Waals surface area (Å²) in [5, 5.41) is 26.1. The van der Waals surface area contributed by atoms with Gasteiger partial charge in [0, 0.05) is 24.7 Å². The number of H-pyrrole nitrogens is 1. The highest BCUT2D eigenvalue weighted by atomic mass is 16.4. The van der Waals surface area contributed by atoms with Crippen molar-refractivity contribution in [1.82, 2.24) is 25.9 Å². The van der Waals surface area contributed by atoms with Gasteiger partial charge in [0.05, 0.1) is 18.5 Å². The van der Waals surface area contributed by atoms with Crippen LogP contribution >= 0.6 is 0 Å². The van der Waals surface area contributed by atoms with Crippen molar-refractivity contribution in [1.29, 1.82) is 0 Å². The van der Waals surface area contributed by atoms with Gasteiger partial charge < -0.3 is 42.6 Å². The Labute approximate surface area is 202 Å². The first kappa shape index (κ1) is 29.5. The summed E-state index contributed by atoms with van der Waals surface area (Å²) < 4.78 is 0. The summed E-state index contributed by atoms with van der Waals surface area (Å²) in [6.07, 6.45) is 1.24. The molecule has 0 aliphatic rings.